The zero-order chi connectivity index (χ0) is 14.0. The molecule has 0 spiro atoms. The van der Waals surface area contributed by atoms with Crippen molar-refractivity contribution in [1.82, 2.24) is 4.90 Å². The number of esters is 1. The first kappa shape index (κ1) is 15.0. The molecule has 0 unspecified atom stereocenters. The van der Waals surface area contributed by atoms with Crippen molar-refractivity contribution < 1.29 is 14.3 Å². The molecule has 18 heavy (non-hydrogen) atoms. The van der Waals surface area contributed by atoms with Crippen LogP contribution in [0.25, 0.3) is 0 Å². The van der Waals surface area contributed by atoms with E-state index in [1.165, 1.54) is 7.11 Å². The van der Waals surface area contributed by atoms with Crippen LogP contribution in [0.4, 0.5) is 0 Å². The lowest BCUT2D eigenvalue weighted by molar-refractivity contribution is -0.153. The Labute approximate surface area is 110 Å². The maximum absolute atomic E-state index is 12.1. The summed E-state index contributed by atoms with van der Waals surface area (Å²) in [6, 6.07) is 0. The minimum Gasteiger partial charge on any atom is -0.469 e. The lowest BCUT2D eigenvalue weighted by atomic mass is 9.85. The SMILES string of the molecule is COC(=O)C(C)(C)CN1CCC(C)(C)CCC1=O. The molecule has 0 bridgehead atoms. The molecule has 0 N–H and O–H groups in total. The van der Waals surface area contributed by atoms with E-state index in [0.717, 1.165) is 19.4 Å². The molecule has 1 rings (SSSR count). The molecule has 1 heterocycles. The third-order valence-corrected chi connectivity index (χ3v) is 3.75. The summed E-state index contributed by atoms with van der Waals surface area (Å²) in [4.78, 5) is 25.5. The number of nitrogens with zero attached hydrogens (tertiary/aromatic N) is 1. The van der Waals surface area contributed by atoms with Gasteiger partial charge in [0.15, 0.2) is 0 Å². The molecule has 0 radical (unpaired) electrons. The standard InChI is InChI=1S/C14H25NO3/c1-13(2)7-6-11(16)15(9-8-13)10-14(3,4)12(17)18-5/h6-10H2,1-5H3. The molecule has 1 amide bonds. The predicted molar refractivity (Wildman–Crippen MR) is 70.0 cm³/mol. The Morgan fingerprint density at radius 2 is 2.00 bits per heavy atom. The number of carbonyl (C=O) groups is 2. The van der Waals surface area contributed by atoms with Gasteiger partial charge < -0.3 is 9.64 Å². The van der Waals surface area contributed by atoms with Crippen molar-refractivity contribution in [3.8, 4) is 0 Å². The van der Waals surface area contributed by atoms with Crippen molar-refractivity contribution in [2.45, 2.75) is 47.0 Å². The first-order chi connectivity index (χ1) is 8.18. The van der Waals surface area contributed by atoms with Gasteiger partial charge in [-0.25, -0.2) is 0 Å². The van der Waals surface area contributed by atoms with Crippen LogP contribution in [-0.2, 0) is 14.3 Å². The lowest BCUT2D eigenvalue weighted by Crippen LogP contribution is -2.42. The van der Waals surface area contributed by atoms with Gasteiger partial charge in [-0.1, -0.05) is 13.8 Å². The zero-order valence-electron chi connectivity index (χ0n) is 12.2. The molecule has 0 aliphatic carbocycles. The van der Waals surface area contributed by atoms with Gasteiger partial charge in [0.1, 0.15) is 0 Å². The van der Waals surface area contributed by atoms with Crippen LogP contribution in [-0.4, -0.2) is 37.0 Å². The predicted octanol–water partition coefficient (Wildman–Crippen LogP) is 2.22. The van der Waals surface area contributed by atoms with Crippen molar-refractivity contribution in [3.63, 3.8) is 0 Å². The summed E-state index contributed by atoms with van der Waals surface area (Å²) in [5.74, 6) is -0.114. The number of ether oxygens (including phenoxy) is 1. The summed E-state index contributed by atoms with van der Waals surface area (Å²) in [5.41, 5.74) is -0.432. The van der Waals surface area contributed by atoms with Gasteiger partial charge in [-0.05, 0) is 32.1 Å². The highest BCUT2D eigenvalue weighted by Gasteiger charge is 2.35. The normalized spacial score (nSPS) is 20.5. The average molecular weight is 255 g/mol. The first-order valence-corrected chi connectivity index (χ1v) is 6.54. The molecule has 0 aromatic carbocycles. The molecule has 0 aromatic rings. The Hall–Kier alpha value is -1.06. The highest BCUT2D eigenvalue weighted by molar-refractivity contribution is 5.79. The summed E-state index contributed by atoms with van der Waals surface area (Å²) in [7, 11) is 1.39. The van der Waals surface area contributed by atoms with E-state index in [-0.39, 0.29) is 17.3 Å². The van der Waals surface area contributed by atoms with E-state index in [1.807, 2.05) is 18.7 Å². The van der Waals surface area contributed by atoms with Crippen LogP contribution in [0.15, 0.2) is 0 Å². The highest BCUT2D eigenvalue weighted by atomic mass is 16.5. The first-order valence-electron chi connectivity index (χ1n) is 6.54. The molecule has 0 saturated carbocycles. The summed E-state index contributed by atoms with van der Waals surface area (Å²) in [5, 5.41) is 0. The Bertz CT molecular complexity index is 334. The molecule has 1 saturated heterocycles. The van der Waals surface area contributed by atoms with E-state index < -0.39 is 5.41 Å². The number of amides is 1. The Balaban J connectivity index is 2.72. The summed E-state index contributed by atoms with van der Waals surface area (Å²) in [6.45, 7) is 9.19. The van der Waals surface area contributed by atoms with Crippen molar-refractivity contribution >= 4 is 11.9 Å². The van der Waals surface area contributed by atoms with Crippen LogP contribution in [0, 0.1) is 10.8 Å². The molecule has 0 atom stereocenters. The van der Waals surface area contributed by atoms with E-state index in [4.69, 9.17) is 4.74 Å². The largest absolute Gasteiger partial charge is 0.469 e. The summed E-state index contributed by atoms with van der Waals surface area (Å²) < 4.78 is 4.79. The van der Waals surface area contributed by atoms with Crippen LogP contribution in [0.3, 0.4) is 0 Å². The fourth-order valence-electron chi connectivity index (χ4n) is 2.28. The molecule has 4 heteroatoms. The van der Waals surface area contributed by atoms with Crippen molar-refractivity contribution in [2.75, 3.05) is 20.2 Å². The average Bonchev–Trinajstić information content (AvgIpc) is 2.41. The minimum atomic E-state index is -0.640. The van der Waals surface area contributed by atoms with Crippen LogP contribution in [0.2, 0.25) is 0 Å². The second-order valence-corrected chi connectivity index (χ2v) is 6.60. The Morgan fingerprint density at radius 1 is 1.39 bits per heavy atom. The van der Waals surface area contributed by atoms with Gasteiger partial charge >= 0.3 is 5.97 Å². The minimum absolute atomic E-state index is 0.151. The summed E-state index contributed by atoms with van der Waals surface area (Å²) in [6.07, 6.45) is 2.47. The van der Waals surface area contributed by atoms with Crippen LogP contribution >= 0.6 is 0 Å². The van der Waals surface area contributed by atoms with Gasteiger partial charge in [-0.15, -0.1) is 0 Å². The van der Waals surface area contributed by atoms with Crippen molar-refractivity contribution in [2.24, 2.45) is 10.8 Å². The molecular formula is C14H25NO3. The maximum atomic E-state index is 12.1. The zero-order valence-corrected chi connectivity index (χ0v) is 12.2. The monoisotopic (exact) mass is 255 g/mol. The third-order valence-electron chi connectivity index (χ3n) is 3.75. The fourth-order valence-corrected chi connectivity index (χ4v) is 2.28. The smallest absolute Gasteiger partial charge is 0.313 e. The lowest BCUT2D eigenvalue weighted by Gasteiger charge is -2.30. The second kappa shape index (κ2) is 5.29. The van der Waals surface area contributed by atoms with Gasteiger partial charge in [0.25, 0.3) is 0 Å². The molecule has 4 nitrogen and oxygen atoms in total. The number of methoxy groups -OCH3 is 1. The van der Waals surface area contributed by atoms with Gasteiger partial charge in [0.2, 0.25) is 5.91 Å². The van der Waals surface area contributed by atoms with E-state index >= 15 is 0 Å². The van der Waals surface area contributed by atoms with E-state index in [2.05, 4.69) is 13.8 Å². The topological polar surface area (TPSA) is 46.6 Å². The molecule has 0 aromatic heterocycles. The van der Waals surface area contributed by atoms with Crippen LogP contribution in [0.1, 0.15) is 47.0 Å². The summed E-state index contributed by atoms with van der Waals surface area (Å²) >= 11 is 0. The Morgan fingerprint density at radius 3 is 2.56 bits per heavy atom. The fraction of sp³-hybridized carbons (Fsp3) is 0.857. The quantitative estimate of drug-likeness (QED) is 0.726. The molecule has 104 valence electrons. The molecule has 1 aliphatic rings. The number of hydrogen-bond donors (Lipinski definition) is 0. The van der Waals surface area contributed by atoms with Crippen LogP contribution in [0.5, 0.6) is 0 Å². The van der Waals surface area contributed by atoms with Crippen molar-refractivity contribution in [1.29, 1.82) is 0 Å². The van der Waals surface area contributed by atoms with Crippen LogP contribution < -0.4 is 0 Å². The van der Waals surface area contributed by atoms with Gasteiger partial charge in [0, 0.05) is 19.5 Å². The molecular weight excluding hydrogens is 230 g/mol. The van der Waals surface area contributed by atoms with E-state index in [0.29, 0.717) is 13.0 Å². The number of hydrogen-bond acceptors (Lipinski definition) is 3. The third kappa shape index (κ3) is 3.72. The molecule has 1 fully saturated rings. The Kier molecular flexibility index (Phi) is 4.41. The highest BCUT2D eigenvalue weighted by Crippen LogP contribution is 2.31. The number of carbonyl (C=O) groups excluding carboxylic acids is 2. The second-order valence-electron chi connectivity index (χ2n) is 6.60. The van der Waals surface area contributed by atoms with E-state index in [1.54, 1.807) is 0 Å². The number of likely N-dealkylation sites (tertiary alicyclic amines) is 1. The maximum Gasteiger partial charge on any atom is 0.313 e. The van der Waals surface area contributed by atoms with E-state index in [9.17, 15) is 9.59 Å². The molecule has 1 aliphatic heterocycles. The van der Waals surface area contributed by atoms with Gasteiger partial charge in [-0.2, -0.15) is 0 Å². The number of rotatable bonds is 3. The van der Waals surface area contributed by atoms with Crippen molar-refractivity contribution in [3.05, 3.63) is 0 Å². The van der Waals surface area contributed by atoms with Gasteiger partial charge in [-0.3, -0.25) is 9.59 Å². The van der Waals surface area contributed by atoms with Gasteiger partial charge in [0.05, 0.1) is 12.5 Å².